The van der Waals surface area contributed by atoms with Gasteiger partial charge in [-0.05, 0) is 32.6 Å². The Morgan fingerprint density at radius 2 is 2.15 bits per heavy atom. The maximum atomic E-state index is 11.7. The zero-order valence-corrected chi connectivity index (χ0v) is 11.2. The minimum atomic E-state index is -0.576. The van der Waals surface area contributed by atoms with Crippen LogP contribution in [0.3, 0.4) is 0 Å². The van der Waals surface area contributed by atoms with Gasteiger partial charge in [-0.2, -0.15) is 0 Å². The zero-order valence-electron chi connectivity index (χ0n) is 11.2. The monoisotopic (exact) mass is 280 g/mol. The molecule has 7 nitrogen and oxygen atoms in total. The number of ether oxygens (including phenoxy) is 1. The molecule has 1 aliphatic carbocycles. The van der Waals surface area contributed by atoms with Gasteiger partial charge in [0.15, 0.2) is 0 Å². The van der Waals surface area contributed by atoms with Gasteiger partial charge in [-0.3, -0.25) is 24.3 Å². The summed E-state index contributed by atoms with van der Waals surface area (Å²) in [6.07, 6.45) is 4.76. The normalized spacial score (nSPS) is 15.2. The molecule has 0 atom stereocenters. The lowest BCUT2D eigenvalue weighted by Crippen LogP contribution is -2.27. The Balaban J connectivity index is 2.12. The zero-order chi connectivity index (χ0) is 14.7. The lowest BCUT2D eigenvalue weighted by atomic mass is 10.2. The first-order chi connectivity index (χ1) is 9.47. The van der Waals surface area contributed by atoms with E-state index >= 15 is 0 Å². The molecule has 1 saturated carbocycles. The molecule has 1 aromatic rings. The highest BCUT2D eigenvalue weighted by Crippen LogP contribution is 2.21. The third-order valence-corrected chi connectivity index (χ3v) is 3.40. The fourth-order valence-electron chi connectivity index (χ4n) is 2.34. The van der Waals surface area contributed by atoms with Crippen molar-refractivity contribution >= 4 is 11.7 Å². The van der Waals surface area contributed by atoms with Crippen LogP contribution in [0.25, 0.3) is 0 Å². The number of nitrogens with zero attached hydrogens (tertiary/aromatic N) is 2. The summed E-state index contributed by atoms with van der Waals surface area (Å²) in [7, 11) is 0. The molecule has 0 aromatic carbocycles. The number of hydrogen-bond donors (Lipinski definition) is 0. The molecule has 0 saturated heterocycles. The lowest BCUT2D eigenvalue weighted by molar-refractivity contribution is -0.385. The average molecular weight is 280 g/mol. The number of nitro groups is 1. The maximum absolute atomic E-state index is 11.7. The predicted octanol–water partition coefficient (Wildman–Crippen LogP) is 1.55. The number of rotatable bonds is 4. The number of aryl methyl sites for hydroxylation is 1. The van der Waals surface area contributed by atoms with Crippen LogP contribution in [0, 0.1) is 17.0 Å². The van der Waals surface area contributed by atoms with E-state index in [1.165, 1.54) is 6.92 Å². The number of hydrogen-bond acceptors (Lipinski definition) is 5. The fraction of sp³-hybridized carbons (Fsp3) is 0.538. The lowest BCUT2D eigenvalue weighted by Gasteiger charge is -2.12. The van der Waals surface area contributed by atoms with Gasteiger partial charge >= 0.3 is 5.97 Å². The van der Waals surface area contributed by atoms with E-state index in [1.807, 2.05) is 0 Å². The van der Waals surface area contributed by atoms with Crippen LogP contribution < -0.4 is 5.56 Å². The van der Waals surface area contributed by atoms with Crippen LogP contribution >= 0.6 is 0 Å². The van der Waals surface area contributed by atoms with Crippen LogP contribution in [0.1, 0.15) is 31.2 Å². The maximum Gasteiger partial charge on any atom is 0.326 e. The second kappa shape index (κ2) is 5.85. The molecule has 7 heteroatoms. The summed E-state index contributed by atoms with van der Waals surface area (Å²) in [5, 5.41) is 10.8. The third-order valence-electron chi connectivity index (χ3n) is 3.40. The minimum Gasteiger partial charge on any atom is -0.461 e. The molecule has 20 heavy (non-hydrogen) atoms. The second-order valence-electron chi connectivity index (χ2n) is 4.96. The molecule has 2 rings (SSSR count). The summed E-state index contributed by atoms with van der Waals surface area (Å²) in [6.45, 7) is 1.19. The summed E-state index contributed by atoms with van der Waals surface area (Å²) < 4.78 is 6.25. The van der Waals surface area contributed by atoms with Crippen molar-refractivity contribution in [2.75, 3.05) is 0 Å². The van der Waals surface area contributed by atoms with Crippen LogP contribution in [0.2, 0.25) is 0 Å². The first-order valence-corrected chi connectivity index (χ1v) is 6.52. The first kappa shape index (κ1) is 14.2. The fourth-order valence-corrected chi connectivity index (χ4v) is 2.34. The van der Waals surface area contributed by atoms with Gasteiger partial charge in [0.05, 0.1) is 11.1 Å². The van der Waals surface area contributed by atoms with Gasteiger partial charge in [0.25, 0.3) is 11.2 Å². The topological polar surface area (TPSA) is 91.4 Å². The standard InChI is InChI=1S/C13H16N2O5/c1-9-6-12(16)14(7-11(9)15(18)19)8-13(17)20-10-4-2-3-5-10/h6-7,10H,2-5,8H2,1H3. The average Bonchev–Trinajstić information content (AvgIpc) is 2.84. The van der Waals surface area contributed by atoms with Crippen molar-refractivity contribution in [2.24, 2.45) is 0 Å². The van der Waals surface area contributed by atoms with Crippen LogP contribution in [-0.4, -0.2) is 21.6 Å². The summed E-state index contributed by atoms with van der Waals surface area (Å²) in [6, 6.07) is 1.15. The summed E-state index contributed by atoms with van der Waals surface area (Å²) in [5.74, 6) is -0.530. The van der Waals surface area contributed by atoms with E-state index in [0.29, 0.717) is 0 Å². The van der Waals surface area contributed by atoms with Crippen molar-refractivity contribution in [3.8, 4) is 0 Å². The van der Waals surface area contributed by atoms with E-state index in [9.17, 15) is 19.7 Å². The van der Waals surface area contributed by atoms with Crippen LogP contribution in [0.4, 0.5) is 5.69 Å². The highest BCUT2D eigenvalue weighted by atomic mass is 16.6. The summed E-state index contributed by atoms with van der Waals surface area (Å²) >= 11 is 0. The molecular weight excluding hydrogens is 264 g/mol. The number of carbonyl (C=O) groups is 1. The SMILES string of the molecule is Cc1cc(=O)n(CC(=O)OC2CCCC2)cc1[N+](=O)[O-]. The summed E-state index contributed by atoms with van der Waals surface area (Å²) in [5.41, 5.74) is -0.352. The van der Waals surface area contributed by atoms with Gasteiger partial charge < -0.3 is 4.74 Å². The highest BCUT2D eigenvalue weighted by Gasteiger charge is 2.20. The van der Waals surface area contributed by atoms with Crippen molar-refractivity contribution in [1.82, 2.24) is 4.57 Å². The smallest absolute Gasteiger partial charge is 0.326 e. The van der Waals surface area contributed by atoms with E-state index in [-0.39, 0.29) is 23.9 Å². The molecule has 0 amide bonds. The molecular formula is C13H16N2O5. The number of carbonyl (C=O) groups excluding carboxylic acids is 1. The Hall–Kier alpha value is -2.18. The quantitative estimate of drug-likeness (QED) is 0.474. The predicted molar refractivity (Wildman–Crippen MR) is 70.4 cm³/mol. The molecule has 1 aromatic heterocycles. The molecule has 0 spiro atoms. The molecule has 0 unspecified atom stereocenters. The van der Waals surface area contributed by atoms with Crippen molar-refractivity contribution < 1.29 is 14.5 Å². The highest BCUT2D eigenvalue weighted by molar-refractivity contribution is 5.69. The second-order valence-corrected chi connectivity index (χ2v) is 4.96. The Labute approximate surface area is 115 Å². The van der Waals surface area contributed by atoms with E-state index in [0.717, 1.165) is 42.5 Å². The molecule has 1 aliphatic rings. The van der Waals surface area contributed by atoms with Crippen molar-refractivity contribution in [2.45, 2.75) is 45.3 Å². The summed E-state index contributed by atoms with van der Waals surface area (Å²) in [4.78, 5) is 33.7. The molecule has 1 heterocycles. The Kier molecular flexibility index (Phi) is 4.16. The van der Waals surface area contributed by atoms with Gasteiger partial charge in [0, 0.05) is 11.6 Å². The number of pyridine rings is 1. The minimum absolute atomic E-state index is 0.0846. The van der Waals surface area contributed by atoms with Gasteiger partial charge in [-0.25, -0.2) is 0 Å². The van der Waals surface area contributed by atoms with Crippen molar-refractivity contribution in [3.05, 3.63) is 38.3 Å². The Morgan fingerprint density at radius 3 is 2.75 bits per heavy atom. The first-order valence-electron chi connectivity index (χ1n) is 6.52. The Morgan fingerprint density at radius 1 is 1.50 bits per heavy atom. The number of esters is 1. The molecule has 0 aliphatic heterocycles. The van der Waals surface area contributed by atoms with E-state index in [4.69, 9.17) is 4.74 Å². The van der Waals surface area contributed by atoms with Gasteiger partial charge in [0.2, 0.25) is 0 Å². The molecule has 1 fully saturated rings. The molecule has 0 N–H and O–H groups in total. The van der Waals surface area contributed by atoms with Crippen LogP contribution in [0.15, 0.2) is 17.1 Å². The van der Waals surface area contributed by atoms with Crippen molar-refractivity contribution in [1.29, 1.82) is 0 Å². The van der Waals surface area contributed by atoms with Gasteiger partial charge in [-0.15, -0.1) is 0 Å². The largest absolute Gasteiger partial charge is 0.461 e. The van der Waals surface area contributed by atoms with Crippen LogP contribution in [0.5, 0.6) is 0 Å². The Bertz CT molecular complexity index is 587. The van der Waals surface area contributed by atoms with Gasteiger partial charge in [0.1, 0.15) is 12.6 Å². The van der Waals surface area contributed by atoms with E-state index < -0.39 is 16.5 Å². The van der Waals surface area contributed by atoms with Gasteiger partial charge in [-0.1, -0.05) is 0 Å². The van der Waals surface area contributed by atoms with Crippen LogP contribution in [-0.2, 0) is 16.1 Å². The number of aromatic nitrogens is 1. The molecule has 0 radical (unpaired) electrons. The molecule has 108 valence electrons. The van der Waals surface area contributed by atoms with E-state index in [1.54, 1.807) is 0 Å². The van der Waals surface area contributed by atoms with Crippen molar-refractivity contribution in [3.63, 3.8) is 0 Å². The van der Waals surface area contributed by atoms with E-state index in [2.05, 4.69) is 0 Å². The third kappa shape index (κ3) is 3.23. The molecule has 0 bridgehead atoms.